The van der Waals surface area contributed by atoms with Crippen LogP contribution >= 0.6 is 0 Å². The average Bonchev–Trinajstić information content (AvgIpc) is 3.30. The highest BCUT2D eigenvalue weighted by atomic mass is 16.4. The van der Waals surface area contributed by atoms with Gasteiger partial charge >= 0.3 is 5.97 Å². The number of aromatic amines is 1. The molecule has 5 atom stereocenters. The van der Waals surface area contributed by atoms with Gasteiger partial charge in [0.25, 0.3) is 0 Å². The van der Waals surface area contributed by atoms with E-state index in [0.29, 0.717) is 12.1 Å². The van der Waals surface area contributed by atoms with Gasteiger partial charge in [-0.15, -0.1) is 0 Å². The van der Waals surface area contributed by atoms with Gasteiger partial charge in [-0.3, -0.25) is 19.4 Å². The summed E-state index contributed by atoms with van der Waals surface area (Å²) in [6.07, 6.45) is 2.04. The van der Waals surface area contributed by atoms with Crippen molar-refractivity contribution in [1.29, 1.82) is 0 Å². The lowest BCUT2D eigenvalue weighted by atomic mass is 10.0. The predicted octanol–water partition coefficient (Wildman–Crippen LogP) is -3.09. The van der Waals surface area contributed by atoms with Gasteiger partial charge in [-0.05, 0) is 25.7 Å². The van der Waals surface area contributed by atoms with E-state index in [1.807, 2.05) is 0 Å². The Morgan fingerprint density at radius 2 is 1.69 bits per heavy atom. The number of hydrogen-bond donors (Lipinski definition) is 9. The number of guanidine groups is 1. The van der Waals surface area contributed by atoms with Crippen molar-refractivity contribution in [3.8, 4) is 0 Å². The van der Waals surface area contributed by atoms with Crippen molar-refractivity contribution >= 4 is 29.7 Å². The third kappa shape index (κ3) is 10.3. The largest absolute Gasteiger partial charge is 0.480 e. The van der Waals surface area contributed by atoms with Crippen LogP contribution in [-0.4, -0.2) is 86.6 Å². The van der Waals surface area contributed by atoms with Crippen molar-refractivity contribution in [3.63, 3.8) is 0 Å². The normalized spacial score (nSPS) is 15.2. The summed E-state index contributed by atoms with van der Waals surface area (Å²) in [7, 11) is 0. The fourth-order valence-electron chi connectivity index (χ4n) is 3.13. The van der Waals surface area contributed by atoms with Crippen molar-refractivity contribution in [2.24, 2.45) is 28.1 Å². The van der Waals surface area contributed by atoms with E-state index < -0.39 is 59.9 Å². The Morgan fingerprint density at radius 3 is 2.19 bits per heavy atom. The van der Waals surface area contributed by atoms with E-state index in [-0.39, 0.29) is 25.3 Å². The molecule has 5 unspecified atom stereocenters. The Hall–Kier alpha value is -3.72. The highest BCUT2D eigenvalue weighted by Gasteiger charge is 2.32. The van der Waals surface area contributed by atoms with Crippen LogP contribution in [0.2, 0.25) is 0 Å². The number of nitrogens with two attached hydrogens (primary N) is 3. The number of aromatic nitrogens is 2. The number of aliphatic hydroxyl groups excluding tert-OH is 1. The quantitative estimate of drug-likeness (QED) is 0.0650. The molecule has 202 valence electrons. The number of carbonyl (C=O) groups is 4. The first-order valence-electron chi connectivity index (χ1n) is 11.4. The van der Waals surface area contributed by atoms with Crippen LogP contribution in [0.25, 0.3) is 0 Å². The zero-order valence-corrected chi connectivity index (χ0v) is 20.6. The second kappa shape index (κ2) is 14.6. The van der Waals surface area contributed by atoms with Gasteiger partial charge in [-0.1, -0.05) is 13.8 Å². The first-order chi connectivity index (χ1) is 16.8. The Labute approximate surface area is 208 Å². The molecule has 1 rings (SSSR count). The van der Waals surface area contributed by atoms with Crippen molar-refractivity contribution < 1.29 is 29.4 Å². The summed E-state index contributed by atoms with van der Waals surface area (Å²) in [6, 6.07) is -4.77. The lowest BCUT2D eigenvalue weighted by Crippen LogP contribution is -2.59. The lowest BCUT2D eigenvalue weighted by Gasteiger charge is -2.27. The molecule has 15 nitrogen and oxygen atoms in total. The Kier molecular flexibility index (Phi) is 12.3. The summed E-state index contributed by atoms with van der Waals surface area (Å²) in [5.41, 5.74) is 16.8. The number of carboxylic acid groups (broad SMARTS) is 1. The van der Waals surface area contributed by atoms with Gasteiger partial charge in [-0.25, -0.2) is 9.78 Å². The minimum Gasteiger partial charge on any atom is -0.480 e. The SMILES string of the molecule is CC(C)C(NC(=O)C(CCCN=C(N)N)NC(=O)C(N)C(C)O)C(=O)NC(Cc1cnc[nH]1)C(=O)O. The van der Waals surface area contributed by atoms with E-state index >= 15 is 0 Å². The number of carboxylic acids is 1. The second-order valence-corrected chi connectivity index (χ2v) is 8.69. The standard InChI is InChI=1S/C21H37N9O6/c1-10(2)16(19(34)29-14(20(35)36)7-12-8-25-9-27-12)30-17(32)13(5-4-6-26-21(23)24)28-18(33)15(22)11(3)31/h8-11,13-16,31H,4-7,22H2,1-3H3,(H,25,27)(H,28,33)(H,29,34)(H,30,32)(H,35,36)(H4,23,24,26). The molecule has 0 aliphatic heterocycles. The van der Waals surface area contributed by atoms with Gasteiger partial charge in [-0.2, -0.15) is 0 Å². The molecule has 0 radical (unpaired) electrons. The second-order valence-electron chi connectivity index (χ2n) is 8.69. The summed E-state index contributed by atoms with van der Waals surface area (Å²) < 4.78 is 0. The van der Waals surface area contributed by atoms with Crippen LogP contribution < -0.4 is 33.2 Å². The van der Waals surface area contributed by atoms with E-state index in [4.69, 9.17) is 17.2 Å². The fourth-order valence-corrected chi connectivity index (χ4v) is 3.13. The van der Waals surface area contributed by atoms with Gasteiger partial charge in [0.1, 0.15) is 24.2 Å². The van der Waals surface area contributed by atoms with Crippen LogP contribution in [0.15, 0.2) is 17.5 Å². The number of rotatable bonds is 15. The average molecular weight is 512 g/mol. The van der Waals surface area contributed by atoms with Gasteiger partial charge < -0.3 is 48.3 Å². The maximum atomic E-state index is 13.1. The molecule has 36 heavy (non-hydrogen) atoms. The fraction of sp³-hybridized carbons (Fsp3) is 0.619. The number of hydrogen-bond acceptors (Lipinski definition) is 8. The number of nitrogens with one attached hydrogen (secondary N) is 4. The molecule has 0 aliphatic carbocycles. The van der Waals surface area contributed by atoms with Gasteiger partial charge in [0.15, 0.2) is 5.96 Å². The summed E-state index contributed by atoms with van der Waals surface area (Å²) in [5, 5.41) is 26.6. The Balaban J connectivity index is 2.97. The summed E-state index contributed by atoms with van der Waals surface area (Å²) in [6.45, 7) is 4.86. The first-order valence-corrected chi connectivity index (χ1v) is 11.4. The van der Waals surface area contributed by atoms with Crippen LogP contribution in [0, 0.1) is 5.92 Å². The van der Waals surface area contributed by atoms with Crippen molar-refractivity contribution in [3.05, 3.63) is 18.2 Å². The predicted molar refractivity (Wildman–Crippen MR) is 130 cm³/mol. The minimum atomic E-state index is -1.28. The third-order valence-electron chi connectivity index (χ3n) is 5.24. The number of carbonyl (C=O) groups excluding carboxylic acids is 3. The number of imidazole rings is 1. The maximum absolute atomic E-state index is 13.1. The van der Waals surface area contributed by atoms with E-state index in [9.17, 15) is 29.4 Å². The topological polar surface area (TPSA) is 264 Å². The Morgan fingerprint density at radius 1 is 1.06 bits per heavy atom. The molecule has 0 saturated carbocycles. The minimum absolute atomic E-state index is 0.0411. The molecule has 0 spiro atoms. The van der Waals surface area contributed by atoms with Crippen LogP contribution in [0.3, 0.4) is 0 Å². The lowest BCUT2D eigenvalue weighted by molar-refractivity contribution is -0.142. The van der Waals surface area contributed by atoms with Crippen molar-refractivity contribution in [1.82, 2.24) is 25.9 Å². The smallest absolute Gasteiger partial charge is 0.326 e. The van der Waals surface area contributed by atoms with Crippen LogP contribution in [0.5, 0.6) is 0 Å². The molecule has 0 aliphatic rings. The summed E-state index contributed by atoms with van der Waals surface area (Å²) >= 11 is 0. The molecule has 0 aromatic carbocycles. The Bertz CT molecular complexity index is 900. The highest BCUT2D eigenvalue weighted by Crippen LogP contribution is 2.08. The molecular weight excluding hydrogens is 474 g/mol. The van der Waals surface area contributed by atoms with Crippen LogP contribution in [0.1, 0.15) is 39.3 Å². The molecule has 0 bridgehead atoms. The van der Waals surface area contributed by atoms with Crippen molar-refractivity contribution in [2.75, 3.05) is 6.54 Å². The van der Waals surface area contributed by atoms with Gasteiger partial charge in [0.2, 0.25) is 17.7 Å². The van der Waals surface area contributed by atoms with E-state index in [1.165, 1.54) is 19.4 Å². The maximum Gasteiger partial charge on any atom is 0.326 e. The molecule has 15 heteroatoms. The number of nitrogens with zero attached hydrogens (tertiary/aromatic N) is 2. The highest BCUT2D eigenvalue weighted by molar-refractivity contribution is 5.94. The zero-order valence-electron chi connectivity index (χ0n) is 20.6. The molecule has 12 N–H and O–H groups in total. The van der Waals surface area contributed by atoms with Gasteiger partial charge in [0.05, 0.1) is 12.4 Å². The molecule has 0 saturated heterocycles. The monoisotopic (exact) mass is 511 g/mol. The molecule has 3 amide bonds. The molecular formula is C21H37N9O6. The third-order valence-corrected chi connectivity index (χ3v) is 5.24. The molecule has 1 aromatic rings. The number of amides is 3. The number of H-pyrrole nitrogens is 1. The van der Waals surface area contributed by atoms with Crippen molar-refractivity contribution in [2.45, 2.75) is 70.3 Å². The van der Waals surface area contributed by atoms with Crippen LogP contribution in [0.4, 0.5) is 0 Å². The number of aliphatic hydroxyl groups is 1. The van der Waals surface area contributed by atoms with Gasteiger partial charge in [0, 0.05) is 24.9 Å². The molecule has 1 heterocycles. The number of aliphatic imine (C=N–C) groups is 1. The first kappa shape index (κ1) is 30.3. The number of aliphatic carboxylic acids is 1. The molecule has 1 aromatic heterocycles. The van der Waals surface area contributed by atoms with Crippen LogP contribution in [-0.2, 0) is 25.6 Å². The zero-order chi connectivity index (χ0) is 27.4. The van der Waals surface area contributed by atoms with E-state index in [1.54, 1.807) is 13.8 Å². The van der Waals surface area contributed by atoms with E-state index in [0.717, 1.165) is 0 Å². The summed E-state index contributed by atoms with van der Waals surface area (Å²) in [5.74, 6) is -3.98. The summed E-state index contributed by atoms with van der Waals surface area (Å²) in [4.78, 5) is 60.5. The molecule has 0 fully saturated rings. The van der Waals surface area contributed by atoms with E-state index in [2.05, 4.69) is 30.9 Å².